The SMILES string of the molecule is CC(O)C(=O)O.[Na+].[O-]S. The summed E-state index contributed by atoms with van der Waals surface area (Å²) in [6.45, 7) is 1.20. The minimum atomic E-state index is -1.23. The Morgan fingerprint density at radius 1 is 1.67 bits per heavy atom. The summed E-state index contributed by atoms with van der Waals surface area (Å²) in [7, 11) is 0. The molecule has 0 aromatic heterocycles. The molecule has 1 atom stereocenters. The van der Waals surface area contributed by atoms with Crippen molar-refractivity contribution in [2.24, 2.45) is 0 Å². The molecule has 0 aromatic carbocycles. The van der Waals surface area contributed by atoms with Gasteiger partial charge in [0.05, 0.1) is 0 Å². The maximum Gasteiger partial charge on any atom is 1.00 e. The van der Waals surface area contributed by atoms with E-state index in [1.807, 2.05) is 0 Å². The topological polar surface area (TPSA) is 80.6 Å². The van der Waals surface area contributed by atoms with Crippen LogP contribution in [0.2, 0.25) is 0 Å². The van der Waals surface area contributed by atoms with Gasteiger partial charge in [-0.05, 0) is 6.92 Å². The third-order valence-electron chi connectivity index (χ3n) is 0.357. The Balaban J connectivity index is -0.000000109. The van der Waals surface area contributed by atoms with E-state index < -0.39 is 12.1 Å². The molecule has 0 aliphatic carbocycles. The number of aliphatic hydroxyl groups excluding tert-OH is 1. The molecule has 9 heavy (non-hydrogen) atoms. The molecule has 0 rings (SSSR count). The van der Waals surface area contributed by atoms with E-state index in [0.29, 0.717) is 0 Å². The first-order chi connectivity index (χ1) is 3.64. The molecule has 0 radical (unpaired) electrons. The summed E-state index contributed by atoms with van der Waals surface area (Å²) in [5.41, 5.74) is 0. The van der Waals surface area contributed by atoms with Gasteiger partial charge in [0.2, 0.25) is 0 Å². The molecule has 0 saturated heterocycles. The normalized spacial score (nSPS) is 9.78. The predicted octanol–water partition coefficient (Wildman–Crippen LogP) is -3.50. The molecule has 0 spiro atoms. The van der Waals surface area contributed by atoms with E-state index in [4.69, 9.17) is 14.8 Å². The van der Waals surface area contributed by atoms with Crippen LogP contribution in [0.25, 0.3) is 0 Å². The molecule has 0 fully saturated rings. The van der Waals surface area contributed by atoms with Crippen molar-refractivity contribution < 1.29 is 49.1 Å². The zero-order valence-corrected chi connectivity index (χ0v) is 8.13. The van der Waals surface area contributed by atoms with Crippen molar-refractivity contribution in [3.8, 4) is 0 Å². The number of hydrogen-bond acceptors (Lipinski definition) is 4. The van der Waals surface area contributed by atoms with Gasteiger partial charge >= 0.3 is 35.5 Å². The van der Waals surface area contributed by atoms with Gasteiger partial charge in [-0.25, -0.2) is 4.79 Å². The molecule has 0 heterocycles. The number of hydrogen-bond donors (Lipinski definition) is 3. The number of carboxylic acids is 1. The fraction of sp³-hybridized carbons (Fsp3) is 0.667. The van der Waals surface area contributed by atoms with E-state index in [1.165, 1.54) is 6.92 Å². The molecular weight excluding hydrogens is 155 g/mol. The van der Waals surface area contributed by atoms with E-state index in [-0.39, 0.29) is 29.6 Å². The van der Waals surface area contributed by atoms with Crippen LogP contribution in [0.1, 0.15) is 6.92 Å². The molecule has 6 heteroatoms. The Labute approximate surface area is 80.8 Å². The van der Waals surface area contributed by atoms with Crippen molar-refractivity contribution in [3.05, 3.63) is 0 Å². The fourth-order valence-electron chi connectivity index (χ4n) is 0. The average Bonchev–Trinajstić information content (AvgIpc) is 1.72. The van der Waals surface area contributed by atoms with Gasteiger partial charge in [-0.3, -0.25) is 12.9 Å². The average molecular weight is 162 g/mol. The molecule has 50 valence electrons. The van der Waals surface area contributed by atoms with Crippen LogP contribution in [0.5, 0.6) is 0 Å². The van der Waals surface area contributed by atoms with Crippen molar-refractivity contribution >= 4 is 18.9 Å². The van der Waals surface area contributed by atoms with Gasteiger partial charge in [0.25, 0.3) is 0 Å². The second-order valence-corrected chi connectivity index (χ2v) is 1.01. The van der Waals surface area contributed by atoms with Crippen LogP contribution in [0.4, 0.5) is 0 Å². The monoisotopic (exact) mass is 162 g/mol. The number of aliphatic carboxylic acids is 1. The minimum absolute atomic E-state index is 0. The summed E-state index contributed by atoms with van der Waals surface area (Å²) in [5, 5.41) is 15.8. The second-order valence-electron chi connectivity index (χ2n) is 1.01. The predicted molar refractivity (Wildman–Crippen MR) is 29.1 cm³/mol. The van der Waals surface area contributed by atoms with Crippen LogP contribution in [0.3, 0.4) is 0 Å². The molecule has 0 aromatic rings. The summed E-state index contributed by atoms with van der Waals surface area (Å²) in [6, 6.07) is 0. The summed E-state index contributed by atoms with van der Waals surface area (Å²) in [4.78, 5) is 9.45. The smallest absolute Gasteiger partial charge is 0.802 e. The molecular formula is C3H7NaO4S. The summed E-state index contributed by atoms with van der Waals surface area (Å²) in [6.07, 6.45) is -1.23. The van der Waals surface area contributed by atoms with E-state index in [2.05, 4.69) is 12.9 Å². The number of carbonyl (C=O) groups is 1. The van der Waals surface area contributed by atoms with Gasteiger partial charge in [-0.15, -0.1) is 0 Å². The zero-order chi connectivity index (χ0) is 7.15. The Kier molecular flexibility index (Phi) is 21.0. The Morgan fingerprint density at radius 3 is 1.78 bits per heavy atom. The van der Waals surface area contributed by atoms with Gasteiger partial charge in [0, 0.05) is 0 Å². The van der Waals surface area contributed by atoms with E-state index >= 15 is 0 Å². The van der Waals surface area contributed by atoms with Crippen molar-refractivity contribution in [3.63, 3.8) is 0 Å². The molecule has 0 aliphatic heterocycles. The van der Waals surface area contributed by atoms with Gasteiger partial charge in [-0.2, -0.15) is 0 Å². The Bertz CT molecular complexity index is 66.8. The molecule has 4 nitrogen and oxygen atoms in total. The van der Waals surface area contributed by atoms with Crippen LogP contribution in [-0.2, 0) is 4.79 Å². The number of thiol groups is 1. The van der Waals surface area contributed by atoms with E-state index in [1.54, 1.807) is 0 Å². The van der Waals surface area contributed by atoms with Gasteiger partial charge in [0.15, 0.2) is 0 Å². The molecule has 0 amide bonds. The molecule has 0 aliphatic rings. The Morgan fingerprint density at radius 2 is 1.78 bits per heavy atom. The molecule has 2 N–H and O–H groups in total. The quantitative estimate of drug-likeness (QED) is 0.212. The maximum atomic E-state index is 9.45. The van der Waals surface area contributed by atoms with Crippen LogP contribution in [0, 0.1) is 0 Å². The zero-order valence-electron chi connectivity index (χ0n) is 5.24. The van der Waals surface area contributed by atoms with E-state index in [9.17, 15) is 4.79 Å². The summed E-state index contributed by atoms with van der Waals surface area (Å²) >= 11 is 2.28. The molecule has 0 saturated carbocycles. The van der Waals surface area contributed by atoms with Crippen LogP contribution >= 0.6 is 12.9 Å². The Hall–Kier alpha value is 0.740. The van der Waals surface area contributed by atoms with Crippen LogP contribution in [-0.4, -0.2) is 26.8 Å². The van der Waals surface area contributed by atoms with Crippen molar-refractivity contribution in [1.82, 2.24) is 0 Å². The van der Waals surface area contributed by atoms with Crippen molar-refractivity contribution in [2.75, 3.05) is 0 Å². The summed E-state index contributed by atoms with van der Waals surface area (Å²) in [5.74, 6) is -1.19. The van der Waals surface area contributed by atoms with Gasteiger partial charge in [-0.1, -0.05) is 0 Å². The first-order valence-corrected chi connectivity index (χ1v) is 2.10. The number of carboxylic acid groups (broad SMARTS) is 1. The third kappa shape index (κ3) is 17.7. The first-order valence-electron chi connectivity index (χ1n) is 1.73. The molecule has 0 bridgehead atoms. The van der Waals surface area contributed by atoms with Crippen molar-refractivity contribution in [1.29, 1.82) is 0 Å². The molecule has 1 unspecified atom stereocenters. The number of aliphatic hydroxyl groups is 1. The standard InChI is InChI=1S/C3H6O3.Na.H2OS/c1-2(4)3(5)6;;1-2/h2,4H,1H3,(H,5,6);;1-2H/q;+1;/p-1. The number of rotatable bonds is 1. The van der Waals surface area contributed by atoms with Gasteiger partial charge in [0.1, 0.15) is 6.10 Å². The minimum Gasteiger partial charge on any atom is -0.802 e. The van der Waals surface area contributed by atoms with Crippen molar-refractivity contribution in [2.45, 2.75) is 13.0 Å². The van der Waals surface area contributed by atoms with Crippen LogP contribution < -0.4 is 29.6 Å². The fourth-order valence-corrected chi connectivity index (χ4v) is 0. The maximum absolute atomic E-state index is 9.45. The van der Waals surface area contributed by atoms with Crippen LogP contribution in [0.15, 0.2) is 0 Å². The summed E-state index contributed by atoms with van der Waals surface area (Å²) < 4.78 is 7.94. The van der Waals surface area contributed by atoms with E-state index in [0.717, 1.165) is 0 Å². The largest absolute Gasteiger partial charge is 1.00 e. The second kappa shape index (κ2) is 11.5. The van der Waals surface area contributed by atoms with Gasteiger partial charge < -0.3 is 14.8 Å². The first kappa shape index (κ1) is 16.4. The third-order valence-corrected chi connectivity index (χ3v) is 0.357.